The van der Waals surface area contributed by atoms with Gasteiger partial charge in [-0.3, -0.25) is 4.79 Å². The number of anilines is 1. The van der Waals surface area contributed by atoms with Crippen molar-refractivity contribution < 1.29 is 0 Å². The molecule has 5 heteroatoms. The number of hydrogen-bond donors (Lipinski definition) is 2. The summed E-state index contributed by atoms with van der Waals surface area (Å²) in [5.74, 6) is 0.552. The van der Waals surface area contributed by atoms with Crippen LogP contribution < -0.4 is 10.9 Å². The van der Waals surface area contributed by atoms with Gasteiger partial charge in [0.2, 0.25) is 0 Å². The summed E-state index contributed by atoms with van der Waals surface area (Å²) >= 11 is 3.24. The number of H-pyrrole nitrogens is 1. The maximum atomic E-state index is 11.5. The summed E-state index contributed by atoms with van der Waals surface area (Å²) in [5, 5.41) is 3.23. The summed E-state index contributed by atoms with van der Waals surface area (Å²) < 4.78 is 0.423. The number of aryl methyl sites for hydroxylation is 1. The van der Waals surface area contributed by atoms with Crippen LogP contribution in [0, 0.1) is 0 Å². The average Bonchev–Trinajstić information content (AvgIpc) is 2.44. The van der Waals surface area contributed by atoms with Crippen molar-refractivity contribution in [1.82, 2.24) is 9.97 Å². The normalized spacial score (nSPS) is 12.2. The Balaban J connectivity index is 2.18. The predicted molar refractivity (Wildman–Crippen MR) is 80.4 cm³/mol. The molecule has 2 N–H and O–H groups in total. The van der Waals surface area contributed by atoms with E-state index in [0.29, 0.717) is 10.3 Å². The first kappa shape index (κ1) is 13.8. The fourth-order valence-corrected chi connectivity index (χ4v) is 2.15. The van der Waals surface area contributed by atoms with Gasteiger partial charge in [0.05, 0.1) is 6.33 Å². The molecule has 1 heterocycles. The van der Waals surface area contributed by atoms with Gasteiger partial charge in [-0.15, -0.1) is 0 Å². The van der Waals surface area contributed by atoms with Crippen LogP contribution in [0.3, 0.4) is 0 Å². The molecule has 2 rings (SSSR count). The lowest BCUT2D eigenvalue weighted by atomic mass is 10.1. The Morgan fingerprint density at radius 1 is 1.37 bits per heavy atom. The van der Waals surface area contributed by atoms with Crippen LogP contribution in [0.1, 0.15) is 31.0 Å². The van der Waals surface area contributed by atoms with Gasteiger partial charge in [-0.25, -0.2) is 4.98 Å². The highest BCUT2D eigenvalue weighted by Gasteiger charge is 2.10. The van der Waals surface area contributed by atoms with Gasteiger partial charge in [0, 0.05) is 6.04 Å². The van der Waals surface area contributed by atoms with Gasteiger partial charge in [-0.2, -0.15) is 0 Å². The largest absolute Gasteiger partial charge is 0.362 e. The van der Waals surface area contributed by atoms with Crippen molar-refractivity contribution in [1.29, 1.82) is 0 Å². The van der Waals surface area contributed by atoms with Gasteiger partial charge in [0.1, 0.15) is 10.3 Å². The summed E-state index contributed by atoms with van der Waals surface area (Å²) in [5.41, 5.74) is 2.28. The Morgan fingerprint density at radius 3 is 2.68 bits per heavy atom. The molecule has 0 saturated heterocycles. The maximum absolute atomic E-state index is 11.5. The van der Waals surface area contributed by atoms with E-state index in [1.54, 1.807) is 0 Å². The molecular formula is C14H16BrN3O. The van der Waals surface area contributed by atoms with Crippen LogP contribution in [-0.2, 0) is 6.42 Å². The number of nitrogens with zero attached hydrogens (tertiary/aromatic N) is 1. The van der Waals surface area contributed by atoms with Crippen molar-refractivity contribution in [3.05, 3.63) is 56.5 Å². The average molecular weight is 322 g/mol. The van der Waals surface area contributed by atoms with Crippen molar-refractivity contribution in [2.45, 2.75) is 26.3 Å². The molecule has 0 fully saturated rings. The lowest BCUT2D eigenvalue weighted by molar-refractivity contribution is 0.866. The predicted octanol–water partition coefficient (Wildman–Crippen LogP) is 3.27. The molecule has 0 aliphatic heterocycles. The minimum atomic E-state index is -0.189. The number of rotatable bonds is 4. The van der Waals surface area contributed by atoms with Crippen molar-refractivity contribution in [2.75, 3.05) is 5.32 Å². The molecule has 0 aliphatic carbocycles. The van der Waals surface area contributed by atoms with Crippen molar-refractivity contribution in [2.24, 2.45) is 0 Å². The van der Waals surface area contributed by atoms with Crippen LogP contribution in [0.15, 0.2) is 39.9 Å². The molecule has 0 saturated carbocycles. The van der Waals surface area contributed by atoms with Crippen LogP contribution in [-0.4, -0.2) is 9.97 Å². The van der Waals surface area contributed by atoms with Crippen molar-refractivity contribution >= 4 is 21.7 Å². The highest BCUT2D eigenvalue weighted by atomic mass is 79.9. The van der Waals surface area contributed by atoms with Crippen LogP contribution in [0.25, 0.3) is 0 Å². The van der Waals surface area contributed by atoms with E-state index in [4.69, 9.17) is 0 Å². The fourth-order valence-electron chi connectivity index (χ4n) is 1.81. The summed E-state index contributed by atoms with van der Waals surface area (Å²) in [7, 11) is 0. The Labute approximate surface area is 120 Å². The van der Waals surface area contributed by atoms with E-state index in [9.17, 15) is 4.79 Å². The lowest BCUT2D eigenvalue weighted by Crippen LogP contribution is -2.14. The zero-order chi connectivity index (χ0) is 13.8. The Bertz CT molecular complexity index is 607. The van der Waals surface area contributed by atoms with Gasteiger partial charge in [0.25, 0.3) is 5.56 Å². The Hall–Kier alpha value is -1.62. The molecule has 2 aromatic rings. The molecule has 1 aromatic heterocycles. The molecule has 0 spiro atoms. The zero-order valence-corrected chi connectivity index (χ0v) is 12.5. The summed E-state index contributed by atoms with van der Waals surface area (Å²) in [6, 6.07) is 8.51. The molecule has 100 valence electrons. The quantitative estimate of drug-likeness (QED) is 0.908. The lowest BCUT2D eigenvalue weighted by Gasteiger charge is -2.15. The molecule has 0 amide bonds. The number of aromatic nitrogens is 2. The molecule has 0 radical (unpaired) electrons. The van der Waals surface area contributed by atoms with Crippen molar-refractivity contribution in [3.8, 4) is 0 Å². The second-order valence-electron chi connectivity index (χ2n) is 4.36. The Kier molecular flexibility index (Phi) is 4.37. The third-order valence-corrected chi connectivity index (χ3v) is 3.77. The summed E-state index contributed by atoms with van der Waals surface area (Å²) in [6.07, 6.45) is 2.42. The molecule has 1 atom stereocenters. The first-order valence-corrected chi connectivity index (χ1v) is 6.99. The van der Waals surface area contributed by atoms with E-state index in [-0.39, 0.29) is 11.6 Å². The topological polar surface area (TPSA) is 57.8 Å². The minimum Gasteiger partial charge on any atom is -0.362 e. The van der Waals surface area contributed by atoms with Gasteiger partial charge in [-0.05, 0) is 40.4 Å². The number of halogens is 1. The van der Waals surface area contributed by atoms with Crippen LogP contribution >= 0.6 is 15.9 Å². The summed E-state index contributed by atoms with van der Waals surface area (Å²) in [6.45, 7) is 4.17. The number of nitrogens with one attached hydrogen (secondary N) is 2. The molecule has 0 aliphatic rings. The fraction of sp³-hybridized carbons (Fsp3) is 0.286. The highest BCUT2D eigenvalue weighted by Crippen LogP contribution is 2.21. The Morgan fingerprint density at radius 2 is 2.05 bits per heavy atom. The van der Waals surface area contributed by atoms with E-state index >= 15 is 0 Å². The zero-order valence-electron chi connectivity index (χ0n) is 10.9. The smallest absolute Gasteiger partial charge is 0.267 e. The first-order valence-electron chi connectivity index (χ1n) is 6.20. The van der Waals surface area contributed by atoms with E-state index in [1.165, 1.54) is 11.9 Å². The standard InChI is InChI=1S/C14H16BrN3O/c1-3-10-4-6-11(7-5-10)9(2)18-13-12(15)14(19)17-8-16-13/h4-9H,3H2,1-2H3,(H2,16,17,18,19). The van der Waals surface area contributed by atoms with E-state index in [1.807, 2.05) is 6.92 Å². The van der Waals surface area contributed by atoms with E-state index in [2.05, 4.69) is 62.4 Å². The van der Waals surface area contributed by atoms with Crippen LogP contribution in [0.2, 0.25) is 0 Å². The van der Waals surface area contributed by atoms with Gasteiger partial charge < -0.3 is 10.3 Å². The first-order chi connectivity index (χ1) is 9.11. The van der Waals surface area contributed by atoms with Crippen molar-refractivity contribution in [3.63, 3.8) is 0 Å². The molecule has 4 nitrogen and oxygen atoms in total. The SMILES string of the molecule is CCc1ccc(C(C)Nc2nc[nH]c(=O)c2Br)cc1. The van der Waals surface area contributed by atoms with Crippen LogP contribution in [0.4, 0.5) is 5.82 Å². The monoisotopic (exact) mass is 321 g/mol. The van der Waals surface area contributed by atoms with E-state index < -0.39 is 0 Å². The third kappa shape index (κ3) is 3.23. The van der Waals surface area contributed by atoms with Crippen LogP contribution in [0.5, 0.6) is 0 Å². The molecule has 19 heavy (non-hydrogen) atoms. The molecular weight excluding hydrogens is 306 g/mol. The summed E-state index contributed by atoms with van der Waals surface area (Å²) in [4.78, 5) is 18.1. The van der Waals surface area contributed by atoms with Gasteiger partial charge in [0.15, 0.2) is 0 Å². The molecule has 1 aromatic carbocycles. The molecule has 1 unspecified atom stereocenters. The third-order valence-electron chi connectivity index (χ3n) is 3.04. The second-order valence-corrected chi connectivity index (χ2v) is 5.15. The molecule has 0 bridgehead atoms. The highest BCUT2D eigenvalue weighted by molar-refractivity contribution is 9.10. The van der Waals surface area contributed by atoms with Gasteiger partial charge in [-0.1, -0.05) is 31.2 Å². The number of benzene rings is 1. The number of aromatic amines is 1. The maximum Gasteiger partial charge on any atom is 0.267 e. The second kappa shape index (κ2) is 6.02. The van der Waals surface area contributed by atoms with E-state index in [0.717, 1.165) is 12.0 Å². The number of hydrogen-bond acceptors (Lipinski definition) is 3. The van der Waals surface area contributed by atoms with Gasteiger partial charge >= 0.3 is 0 Å². The minimum absolute atomic E-state index is 0.0801.